The summed E-state index contributed by atoms with van der Waals surface area (Å²) >= 11 is 1.40. The van der Waals surface area contributed by atoms with Gasteiger partial charge in [0.15, 0.2) is 11.2 Å². The van der Waals surface area contributed by atoms with Crippen LogP contribution in [0.4, 0.5) is 0 Å². The molecule has 0 saturated carbocycles. The van der Waals surface area contributed by atoms with E-state index in [1.54, 1.807) is 0 Å². The molecule has 1 atom stereocenters. The number of fused-ring (bicyclic) bond motifs is 1. The number of carbonyl (C=O) groups excluding carboxylic acids is 1. The third-order valence-electron chi connectivity index (χ3n) is 1.63. The van der Waals surface area contributed by atoms with Gasteiger partial charge in [-0.05, 0) is 18.7 Å². The SMILES string of the molecule is CCN=C1NC2C(=O)N=CN=C2S1. The van der Waals surface area contributed by atoms with Gasteiger partial charge in [0.25, 0.3) is 5.91 Å². The Kier molecular flexibility index (Phi) is 2.13. The molecule has 0 spiro atoms. The maximum Gasteiger partial charge on any atom is 0.276 e. The van der Waals surface area contributed by atoms with Crippen molar-refractivity contribution in [3.63, 3.8) is 0 Å². The van der Waals surface area contributed by atoms with Crippen LogP contribution in [0.15, 0.2) is 15.0 Å². The first-order valence-electron chi connectivity index (χ1n) is 3.94. The quantitative estimate of drug-likeness (QED) is 0.643. The standard InChI is InChI=1S/C7H8N4OS/c1-2-8-7-11-4-5(12)9-3-10-6(4)13-7/h3-4H,2H2,1H3,(H,8,11). The van der Waals surface area contributed by atoms with E-state index in [-0.39, 0.29) is 11.9 Å². The molecule has 1 unspecified atom stereocenters. The van der Waals surface area contributed by atoms with Crippen molar-refractivity contribution in [1.29, 1.82) is 0 Å². The number of aliphatic imine (C=N–C) groups is 3. The Bertz CT molecular complexity index is 333. The number of amides is 1. The maximum atomic E-state index is 11.2. The number of hydrogen-bond donors (Lipinski definition) is 1. The van der Waals surface area contributed by atoms with Crippen molar-refractivity contribution < 1.29 is 4.79 Å². The van der Waals surface area contributed by atoms with Gasteiger partial charge in [-0.3, -0.25) is 9.79 Å². The second-order valence-electron chi connectivity index (χ2n) is 2.51. The highest BCUT2D eigenvalue weighted by Crippen LogP contribution is 2.20. The number of nitrogens with one attached hydrogen (secondary N) is 1. The number of carbonyl (C=O) groups is 1. The van der Waals surface area contributed by atoms with Gasteiger partial charge in [-0.1, -0.05) is 0 Å². The van der Waals surface area contributed by atoms with Crippen LogP contribution in [0.3, 0.4) is 0 Å². The molecular weight excluding hydrogens is 188 g/mol. The number of rotatable bonds is 1. The van der Waals surface area contributed by atoms with Crippen LogP contribution in [0, 0.1) is 0 Å². The summed E-state index contributed by atoms with van der Waals surface area (Å²) in [5.74, 6) is -0.196. The molecule has 68 valence electrons. The Balaban J connectivity index is 2.21. The Labute approximate surface area is 79.4 Å². The molecule has 1 fully saturated rings. The van der Waals surface area contributed by atoms with Gasteiger partial charge in [0.1, 0.15) is 11.4 Å². The predicted octanol–water partition coefficient (Wildman–Crippen LogP) is 0.0343. The zero-order chi connectivity index (χ0) is 9.26. The summed E-state index contributed by atoms with van der Waals surface area (Å²) in [5.41, 5.74) is 0. The van der Waals surface area contributed by atoms with Crippen LogP contribution in [-0.2, 0) is 4.79 Å². The molecule has 0 radical (unpaired) electrons. The molecule has 0 aliphatic carbocycles. The Hall–Kier alpha value is -1.17. The van der Waals surface area contributed by atoms with E-state index in [9.17, 15) is 4.79 Å². The second-order valence-corrected chi connectivity index (χ2v) is 3.52. The summed E-state index contributed by atoms with van der Waals surface area (Å²) in [6, 6.07) is -0.389. The van der Waals surface area contributed by atoms with Crippen molar-refractivity contribution in [2.45, 2.75) is 13.0 Å². The topological polar surface area (TPSA) is 66.2 Å². The van der Waals surface area contributed by atoms with E-state index in [0.717, 1.165) is 10.2 Å². The number of hydrogen-bond acceptors (Lipinski definition) is 4. The van der Waals surface area contributed by atoms with Crippen LogP contribution in [0.2, 0.25) is 0 Å². The zero-order valence-corrected chi connectivity index (χ0v) is 7.84. The van der Waals surface area contributed by atoms with E-state index >= 15 is 0 Å². The highest BCUT2D eigenvalue weighted by molar-refractivity contribution is 8.27. The first-order chi connectivity index (χ1) is 6.31. The highest BCUT2D eigenvalue weighted by atomic mass is 32.2. The largest absolute Gasteiger partial charge is 0.347 e. The summed E-state index contributed by atoms with van der Waals surface area (Å²) < 4.78 is 0. The predicted molar refractivity (Wildman–Crippen MR) is 53.4 cm³/mol. The van der Waals surface area contributed by atoms with Crippen LogP contribution in [0.5, 0.6) is 0 Å². The van der Waals surface area contributed by atoms with Crippen molar-refractivity contribution in [2.75, 3.05) is 6.54 Å². The maximum absolute atomic E-state index is 11.2. The van der Waals surface area contributed by atoms with E-state index in [4.69, 9.17) is 0 Å². The van der Waals surface area contributed by atoms with E-state index < -0.39 is 0 Å². The molecule has 2 aliphatic heterocycles. The number of thioether (sulfide) groups is 1. The van der Waals surface area contributed by atoms with Gasteiger partial charge in [0.2, 0.25) is 0 Å². The van der Waals surface area contributed by atoms with E-state index in [0.29, 0.717) is 6.54 Å². The van der Waals surface area contributed by atoms with Gasteiger partial charge in [0.05, 0.1) is 0 Å². The summed E-state index contributed by atoms with van der Waals surface area (Å²) in [4.78, 5) is 23.0. The van der Waals surface area contributed by atoms with Crippen molar-refractivity contribution in [1.82, 2.24) is 5.32 Å². The minimum Gasteiger partial charge on any atom is -0.347 e. The van der Waals surface area contributed by atoms with Gasteiger partial charge in [-0.25, -0.2) is 4.99 Å². The molecule has 13 heavy (non-hydrogen) atoms. The van der Waals surface area contributed by atoms with Crippen LogP contribution in [0.1, 0.15) is 6.92 Å². The average Bonchev–Trinajstić information content (AvgIpc) is 2.49. The monoisotopic (exact) mass is 196 g/mol. The Morgan fingerprint density at radius 2 is 2.62 bits per heavy atom. The molecule has 2 rings (SSSR count). The van der Waals surface area contributed by atoms with Crippen LogP contribution in [-0.4, -0.2) is 35.0 Å². The minimum atomic E-state index is -0.389. The zero-order valence-electron chi connectivity index (χ0n) is 7.02. The Morgan fingerprint density at radius 1 is 1.77 bits per heavy atom. The molecule has 2 heterocycles. The Morgan fingerprint density at radius 3 is 3.31 bits per heavy atom. The van der Waals surface area contributed by atoms with Gasteiger partial charge in [-0.2, -0.15) is 4.99 Å². The highest BCUT2D eigenvalue weighted by Gasteiger charge is 2.34. The lowest BCUT2D eigenvalue weighted by molar-refractivity contribution is -0.117. The van der Waals surface area contributed by atoms with Crippen molar-refractivity contribution in [2.24, 2.45) is 15.0 Å². The smallest absolute Gasteiger partial charge is 0.276 e. The molecule has 2 aliphatic rings. The number of nitrogens with zero attached hydrogens (tertiary/aromatic N) is 3. The average molecular weight is 196 g/mol. The van der Waals surface area contributed by atoms with Crippen molar-refractivity contribution in [3.05, 3.63) is 0 Å². The first kappa shape index (κ1) is 8.43. The van der Waals surface area contributed by atoms with Gasteiger partial charge in [-0.15, -0.1) is 0 Å². The molecule has 1 N–H and O–H groups in total. The normalized spacial score (nSPS) is 28.7. The minimum absolute atomic E-state index is 0.196. The molecule has 1 amide bonds. The first-order valence-corrected chi connectivity index (χ1v) is 4.76. The van der Waals surface area contributed by atoms with Crippen molar-refractivity contribution in [3.8, 4) is 0 Å². The molecule has 0 bridgehead atoms. The van der Waals surface area contributed by atoms with Gasteiger partial charge in [0, 0.05) is 6.54 Å². The molecule has 5 nitrogen and oxygen atoms in total. The van der Waals surface area contributed by atoms with Crippen molar-refractivity contribution >= 4 is 34.2 Å². The van der Waals surface area contributed by atoms with Crippen LogP contribution < -0.4 is 5.32 Å². The number of amidine groups is 1. The van der Waals surface area contributed by atoms with Gasteiger partial charge >= 0.3 is 0 Å². The fourth-order valence-electron chi connectivity index (χ4n) is 1.08. The third-order valence-corrected chi connectivity index (χ3v) is 2.63. The van der Waals surface area contributed by atoms with E-state index in [1.807, 2.05) is 6.92 Å². The lowest BCUT2D eigenvalue weighted by atomic mass is 10.3. The molecule has 0 aromatic carbocycles. The lowest BCUT2D eigenvalue weighted by Gasteiger charge is -2.07. The lowest BCUT2D eigenvalue weighted by Crippen LogP contribution is -2.37. The van der Waals surface area contributed by atoms with E-state index in [1.165, 1.54) is 18.1 Å². The van der Waals surface area contributed by atoms with Crippen LogP contribution in [0.25, 0.3) is 0 Å². The van der Waals surface area contributed by atoms with E-state index in [2.05, 4.69) is 20.3 Å². The fourth-order valence-corrected chi connectivity index (χ4v) is 2.03. The summed E-state index contributed by atoms with van der Waals surface area (Å²) in [7, 11) is 0. The van der Waals surface area contributed by atoms with Gasteiger partial charge < -0.3 is 5.32 Å². The molecule has 0 aromatic heterocycles. The molecular formula is C7H8N4OS. The molecule has 0 aromatic rings. The summed E-state index contributed by atoms with van der Waals surface area (Å²) in [6.07, 6.45) is 1.29. The molecule has 1 saturated heterocycles. The van der Waals surface area contributed by atoms with Crippen LogP contribution >= 0.6 is 11.8 Å². The summed E-state index contributed by atoms with van der Waals surface area (Å²) in [5, 5.41) is 4.46. The fraction of sp³-hybridized carbons (Fsp3) is 0.429. The second kappa shape index (κ2) is 3.29. The summed E-state index contributed by atoms with van der Waals surface area (Å²) in [6.45, 7) is 2.64. The molecule has 6 heteroatoms. The third kappa shape index (κ3) is 1.49.